The van der Waals surface area contributed by atoms with E-state index >= 15 is 0 Å². The van der Waals surface area contributed by atoms with Gasteiger partial charge in [-0.1, -0.05) is 23.8 Å². The SMILES string of the molecule is Cc1ccc(NC(=O)NC(=NCc2cccnc2)Nc2nc(C)cc(C)n2)cc1. The minimum absolute atomic E-state index is 0.239. The molecule has 0 atom stereocenters. The number of nitrogens with one attached hydrogen (secondary N) is 3. The zero-order valence-electron chi connectivity index (χ0n) is 16.6. The zero-order chi connectivity index (χ0) is 20.6. The number of carbonyl (C=O) groups is 1. The molecule has 0 saturated heterocycles. The number of hydrogen-bond acceptors (Lipinski definition) is 5. The maximum absolute atomic E-state index is 12.4. The Kier molecular flexibility index (Phi) is 6.47. The van der Waals surface area contributed by atoms with E-state index in [0.29, 0.717) is 18.2 Å². The van der Waals surface area contributed by atoms with Crippen LogP contribution < -0.4 is 16.0 Å². The van der Waals surface area contributed by atoms with Gasteiger partial charge in [0, 0.05) is 29.5 Å². The van der Waals surface area contributed by atoms with Crippen LogP contribution in [0, 0.1) is 20.8 Å². The van der Waals surface area contributed by atoms with Crippen LogP contribution in [-0.4, -0.2) is 26.9 Å². The Morgan fingerprint density at radius 1 is 1.00 bits per heavy atom. The van der Waals surface area contributed by atoms with Gasteiger partial charge in [-0.25, -0.2) is 19.8 Å². The number of aliphatic imine (C=N–C) groups is 1. The molecule has 0 spiro atoms. The maximum Gasteiger partial charge on any atom is 0.326 e. The first-order valence-corrected chi connectivity index (χ1v) is 9.15. The lowest BCUT2D eigenvalue weighted by atomic mass is 10.2. The Morgan fingerprint density at radius 2 is 1.72 bits per heavy atom. The van der Waals surface area contributed by atoms with E-state index in [2.05, 4.69) is 35.9 Å². The molecule has 8 heteroatoms. The van der Waals surface area contributed by atoms with Crippen molar-refractivity contribution in [1.29, 1.82) is 0 Å². The van der Waals surface area contributed by atoms with Crippen LogP contribution in [0.1, 0.15) is 22.5 Å². The second-order valence-corrected chi connectivity index (χ2v) is 6.57. The Bertz CT molecular complexity index is 981. The van der Waals surface area contributed by atoms with Crippen molar-refractivity contribution < 1.29 is 4.79 Å². The van der Waals surface area contributed by atoms with Crippen molar-refractivity contribution in [2.24, 2.45) is 4.99 Å². The smallest absolute Gasteiger partial charge is 0.308 e. The summed E-state index contributed by atoms with van der Waals surface area (Å²) >= 11 is 0. The fourth-order valence-corrected chi connectivity index (χ4v) is 2.57. The lowest BCUT2D eigenvalue weighted by Gasteiger charge is -2.12. The van der Waals surface area contributed by atoms with Gasteiger partial charge in [-0.2, -0.15) is 0 Å². The Hall–Kier alpha value is -3.81. The molecule has 1 aromatic carbocycles. The van der Waals surface area contributed by atoms with E-state index in [1.165, 1.54) is 0 Å². The van der Waals surface area contributed by atoms with Gasteiger partial charge in [0.15, 0.2) is 0 Å². The van der Waals surface area contributed by atoms with Crippen molar-refractivity contribution in [3.8, 4) is 0 Å². The van der Waals surface area contributed by atoms with E-state index in [4.69, 9.17) is 0 Å². The first kappa shape index (κ1) is 19.9. The van der Waals surface area contributed by atoms with Gasteiger partial charge >= 0.3 is 6.03 Å². The van der Waals surface area contributed by atoms with Gasteiger partial charge in [-0.05, 0) is 50.6 Å². The average molecular weight is 389 g/mol. The van der Waals surface area contributed by atoms with E-state index in [-0.39, 0.29) is 5.96 Å². The molecule has 2 heterocycles. The van der Waals surface area contributed by atoms with E-state index in [0.717, 1.165) is 22.5 Å². The summed E-state index contributed by atoms with van der Waals surface area (Å²) in [7, 11) is 0. The number of nitrogens with zero attached hydrogens (tertiary/aromatic N) is 4. The number of hydrogen-bond donors (Lipinski definition) is 3. The summed E-state index contributed by atoms with van der Waals surface area (Å²) in [4.78, 5) is 29.7. The highest BCUT2D eigenvalue weighted by Gasteiger charge is 2.09. The standard InChI is InChI=1S/C21H23N7O/c1-14-6-8-18(9-7-14)26-21(29)28-19(23-13-17-5-4-10-22-12-17)27-20-24-15(2)11-16(3)25-20/h4-12H,13H2,1-3H3,(H3,23,24,25,26,27,28,29). The summed E-state index contributed by atoms with van der Waals surface area (Å²) in [5, 5.41) is 8.50. The third kappa shape index (κ3) is 6.39. The number of carbonyl (C=O) groups excluding carboxylic acids is 1. The number of benzene rings is 1. The quantitative estimate of drug-likeness (QED) is 0.467. The maximum atomic E-state index is 12.4. The van der Waals surface area contributed by atoms with Gasteiger partial charge < -0.3 is 5.32 Å². The molecule has 3 rings (SSSR count). The van der Waals surface area contributed by atoms with Crippen LogP contribution >= 0.6 is 0 Å². The molecular formula is C21H23N7O. The molecule has 0 aliphatic heterocycles. The number of pyridine rings is 1. The summed E-state index contributed by atoms with van der Waals surface area (Å²) in [6.45, 7) is 6.08. The molecular weight excluding hydrogens is 366 g/mol. The van der Waals surface area contributed by atoms with Crippen LogP contribution in [0.4, 0.5) is 16.4 Å². The summed E-state index contributed by atoms with van der Waals surface area (Å²) in [5.41, 5.74) is 4.34. The second-order valence-electron chi connectivity index (χ2n) is 6.57. The fourth-order valence-electron chi connectivity index (χ4n) is 2.57. The molecule has 0 saturated carbocycles. The van der Waals surface area contributed by atoms with E-state index in [1.54, 1.807) is 12.4 Å². The number of anilines is 2. The molecule has 0 unspecified atom stereocenters. The van der Waals surface area contributed by atoms with Crippen LogP contribution in [0.15, 0.2) is 59.9 Å². The molecule has 3 N–H and O–H groups in total. The molecule has 2 aromatic heterocycles. The number of rotatable bonds is 4. The minimum Gasteiger partial charge on any atom is -0.308 e. The summed E-state index contributed by atoms with van der Waals surface area (Å²) in [5.74, 6) is 0.603. The highest BCUT2D eigenvalue weighted by molar-refractivity contribution is 6.06. The van der Waals surface area contributed by atoms with Crippen molar-refractivity contribution in [2.75, 3.05) is 10.6 Å². The molecule has 0 aliphatic rings. The highest BCUT2D eigenvalue weighted by atomic mass is 16.2. The number of aromatic nitrogens is 3. The van der Waals surface area contributed by atoms with E-state index in [1.807, 2.05) is 63.2 Å². The topological polar surface area (TPSA) is 104 Å². The molecule has 8 nitrogen and oxygen atoms in total. The molecule has 148 valence electrons. The van der Waals surface area contributed by atoms with Crippen molar-refractivity contribution in [3.05, 3.63) is 77.4 Å². The summed E-state index contributed by atoms with van der Waals surface area (Å²) < 4.78 is 0. The van der Waals surface area contributed by atoms with Crippen LogP contribution in [-0.2, 0) is 6.54 Å². The molecule has 0 bridgehead atoms. The Labute approximate surface area is 169 Å². The van der Waals surface area contributed by atoms with Crippen molar-refractivity contribution in [2.45, 2.75) is 27.3 Å². The van der Waals surface area contributed by atoms with Crippen molar-refractivity contribution >= 4 is 23.6 Å². The van der Waals surface area contributed by atoms with Crippen LogP contribution in [0.3, 0.4) is 0 Å². The predicted octanol–water partition coefficient (Wildman–Crippen LogP) is 3.59. The molecule has 0 fully saturated rings. The van der Waals surface area contributed by atoms with Gasteiger partial charge in [-0.15, -0.1) is 0 Å². The van der Waals surface area contributed by atoms with Crippen LogP contribution in [0.5, 0.6) is 0 Å². The summed E-state index contributed by atoms with van der Waals surface area (Å²) in [6, 6.07) is 12.7. The summed E-state index contributed by atoms with van der Waals surface area (Å²) in [6.07, 6.45) is 3.42. The fraction of sp³-hybridized carbons (Fsp3) is 0.190. The van der Waals surface area contributed by atoms with E-state index < -0.39 is 6.03 Å². The lowest BCUT2D eigenvalue weighted by Crippen LogP contribution is -2.39. The largest absolute Gasteiger partial charge is 0.326 e. The normalized spacial score (nSPS) is 11.1. The van der Waals surface area contributed by atoms with Gasteiger partial charge in [0.25, 0.3) is 0 Å². The third-order valence-electron chi connectivity index (χ3n) is 3.90. The lowest BCUT2D eigenvalue weighted by molar-refractivity contribution is 0.256. The number of amides is 2. The van der Waals surface area contributed by atoms with Gasteiger partial charge in [0.2, 0.25) is 11.9 Å². The minimum atomic E-state index is -0.421. The van der Waals surface area contributed by atoms with Gasteiger partial charge in [-0.3, -0.25) is 15.6 Å². The van der Waals surface area contributed by atoms with Crippen LogP contribution in [0.2, 0.25) is 0 Å². The Balaban J connectivity index is 1.75. The van der Waals surface area contributed by atoms with Gasteiger partial charge in [0.1, 0.15) is 0 Å². The first-order chi connectivity index (χ1) is 14.0. The first-order valence-electron chi connectivity index (χ1n) is 9.15. The van der Waals surface area contributed by atoms with Crippen LogP contribution in [0.25, 0.3) is 0 Å². The van der Waals surface area contributed by atoms with Crippen molar-refractivity contribution in [1.82, 2.24) is 20.3 Å². The monoisotopic (exact) mass is 389 g/mol. The molecule has 29 heavy (non-hydrogen) atoms. The predicted molar refractivity (Wildman–Crippen MR) is 114 cm³/mol. The third-order valence-corrected chi connectivity index (χ3v) is 3.90. The molecule has 0 aliphatic carbocycles. The Morgan fingerprint density at radius 3 is 2.38 bits per heavy atom. The average Bonchev–Trinajstić information content (AvgIpc) is 2.68. The molecule has 3 aromatic rings. The second kappa shape index (κ2) is 9.41. The van der Waals surface area contributed by atoms with Gasteiger partial charge in [0.05, 0.1) is 6.54 Å². The number of guanidine groups is 1. The number of urea groups is 1. The van der Waals surface area contributed by atoms with E-state index in [9.17, 15) is 4.79 Å². The zero-order valence-corrected chi connectivity index (χ0v) is 16.6. The molecule has 2 amide bonds. The highest BCUT2D eigenvalue weighted by Crippen LogP contribution is 2.08. The van der Waals surface area contributed by atoms with Crippen molar-refractivity contribution in [3.63, 3.8) is 0 Å². The molecule has 0 radical (unpaired) electrons. The number of aryl methyl sites for hydroxylation is 3.